The summed E-state index contributed by atoms with van der Waals surface area (Å²) < 4.78 is 26.7. The maximum absolute atomic E-state index is 12.9. The van der Waals surface area contributed by atoms with Gasteiger partial charge >= 0.3 is 6.03 Å². The van der Waals surface area contributed by atoms with Crippen LogP contribution in [0.2, 0.25) is 0 Å². The fourth-order valence-corrected chi connectivity index (χ4v) is 4.10. The number of anilines is 1. The quantitative estimate of drug-likeness (QED) is 0.920. The van der Waals surface area contributed by atoms with E-state index in [-0.39, 0.29) is 4.90 Å². The number of para-hydroxylation sites is 1. The first-order valence-electron chi connectivity index (χ1n) is 7.27. The molecular formula is C17H18N2O3S. The Morgan fingerprint density at radius 1 is 1.00 bits per heavy atom. The van der Waals surface area contributed by atoms with Gasteiger partial charge in [-0.2, -0.15) is 4.31 Å². The van der Waals surface area contributed by atoms with Gasteiger partial charge in [0, 0.05) is 5.56 Å². The van der Waals surface area contributed by atoms with Crippen molar-refractivity contribution in [3.63, 3.8) is 0 Å². The minimum absolute atomic E-state index is 0.0905. The van der Waals surface area contributed by atoms with Gasteiger partial charge in [0.2, 0.25) is 0 Å². The number of rotatable bonds is 2. The monoisotopic (exact) mass is 330 g/mol. The van der Waals surface area contributed by atoms with Crippen LogP contribution in [0.1, 0.15) is 25.0 Å². The molecule has 5 nitrogen and oxygen atoms in total. The van der Waals surface area contributed by atoms with Crippen molar-refractivity contribution in [1.82, 2.24) is 5.32 Å². The van der Waals surface area contributed by atoms with E-state index in [0.717, 1.165) is 15.4 Å². The first-order chi connectivity index (χ1) is 10.7. The highest BCUT2D eigenvalue weighted by molar-refractivity contribution is 7.93. The molecule has 23 heavy (non-hydrogen) atoms. The number of benzene rings is 2. The Bertz CT molecular complexity index is 871. The molecular weight excluding hydrogens is 312 g/mol. The summed E-state index contributed by atoms with van der Waals surface area (Å²) >= 11 is 0. The molecule has 3 rings (SSSR count). The Hall–Kier alpha value is -2.34. The first-order valence-corrected chi connectivity index (χ1v) is 8.71. The van der Waals surface area contributed by atoms with Crippen molar-refractivity contribution < 1.29 is 13.2 Å². The second-order valence-corrected chi connectivity index (χ2v) is 7.94. The smallest absolute Gasteiger partial charge is 0.328 e. The lowest BCUT2D eigenvalue weighted by Crippen LogP contribution is -2.55. The van der Waals surface area contributed by atoms with E-state index < -0.39 is 21.6 Å². The van der Waals surface area contributed by atoms with Gasteiger partial charge in [0.05, 0.1) is 16.1 Å². The van der Waals surface area contributed by atoms with Gasteiger partial charge in [-0.3, -0.25) is 0 Å². The number of carbonyl (C=O) groups excluding carboxylic acids is 1. The Labute approximate surface area is 136 Å². The number of fused-ring (bicyclic) bond motifs is 1. The van der Waals surface area contributed by atoms with Crippen molar-refractivity contribution in [1.29, 1.82) is 0 Å². The molecule has 0 fully saturated rings. The number of sulfonamides is 1. The van der Waals surface area contributed by atoms with Crippen LogP contribution >= 0.6 is 0 Å². The van der Waals surface area contributed by atoms with E-state index in [4.69, 9.17) is 0 Å². The van der Waals surface area contributed by atoms with Crippen molar-refractivity contribution >= 4 is 21.7 Å². The molecule has 120 valence electrons. The van der Waals surface area contributed by atoms with Crippen LogP contribution in [0.3, 0.4) is 0 Å². The van der Waals surface area contributed by atoms with Gasteiger partial charge < -0.3 is 5.32 Å². The predicted octanol–water partition coefficient (Wildman–Crippen LogP) is 3.15. The Balaban J connectivity index is 2.19. The van der Waals surface area contributed by atoms with Crippen molar-refractivity contribution in [3.05, 3.63) is 59.7 Å². The summed E-state index contributed by atoms with van der Waals surface area (Å²) in [7, 11) is -3.97. The average Bonchev–Trinajstić information content (AvgIpc) is 2.46. The second kappa shape index (κ2) is 5.09. The number of carbonyl (C=O) groups is 1. The molecule has 0 aliphatic carbocycles. The van der Waals surface area contributed by atoms with Crippen LogP contribution in [-0.2, 0) is 15.6 Å². The van der Waals surface area contributed by atoms with Crippen molar-refractivity contribution in [3.8, 4) is 0 Å². The van der Waals surface area contributed by atoms with E-state index >= 15 is 0 Å². The lowest BCUT2D eigenvalue weighted by atomic mass is 9.91. The summed E-state index contributed by atoms with van der Waals surface area (Å²) in [5, 5.41) is 2.76. The van der Waals surface area contributed by atoms with Gasteiger partial charge in [0.25, 0.3) is 10.0 Å². The highest BCUT2D eigenvalue weighted by Crippen LogP contribution is 2.37. The van der Waals surface area contributed by atoms with Gasteiger partial charge in [-0.25, -0.2) is 13.2 Å². The minimum atomic E-state index is -3.97. The van der Waals surface area contributed by atoms with Crippen LogP contribution in [0.5, 0.6) is 0 Å². The molecule has 0 radical (unpaired) electrons. The number of nitrogens with zero attached hydrogens (tertiary/aromatic N) is 1. The fourth-order valence-electron chi connectivity index (χ4n) is 2.73. The summed E-state index contributed by atoms with van der Waals surface area (Å²) in [4.78, 5) is 12.6. The lowest BCUT2D eigenvalue weighted by molar-refractivity contribution is 0.236. The number of amides is 2. The molecule has 2 amide bonds. The zero-order chi connectivity index (χ0) is 16.8. The third-order valence-electron chi connectivity index (χ3n) is 3.96. The second-order valence-electron chi connectivity index (χ2n) is 6.15. The molecule has 0 spiro atoms. The largest absolute Gasteiger partial charge is 0.336 e. The molecule has 0 atom stereocenters. The minimum Gasteiger partial charge on any atom is -0.328 e. The number of nitrogens with one attached hydrogen (secondary N) is 1. The van der Waals surface area contributed by atoms with Gasteiger partial charge in [-0.15, -0.1) is 0 Å². The highest BCUT2D eigenvalue weighted by atomic mass is 32.2. The number of urea groups is 1. The lowest BCUT2D eigenvalue weighted by Gasteiger charge is -2.38. The third-order valence-corrected chi connectivity index (χ3v) is 5.67. The predicted molar refractivity (Wildman–Crippen MR) is 88.8 cm³/mol. The van der Waals surface area contributed by atoms with E-state index in [1.165, 1.54) is 12.1 Å². The molecule has 0 aromatic heterocycles. The van der Waals surface area contributed by atoms with Crippen LogP contribution in [0.25, 0.3) is 0 Å². The molecule has 1 aliphatic heterocycles. The SMILES string of the molecule is Cc1ccc(S(=O)(=O)N2C(=O)NC(C)(C)c3ccccc32)cc1. The topological polar surface area (TPSA) is 66.5 Å². The van der Waals surface area contributed by atoms with Gasteiger partial charge in [0.1, 0.15) is 0 Å². The van der Waals surface area contributed by atoms with E-state index in [9.17, 15) is 13.2 Å². The molecule has 0 bridgehead atoms. The van der Waals surface area contributed by atoms with Crippen LogP contribution in [0.4, 0.5) is 10.5 Å². The van der Waals surface area contributed by atoms with Crippen LogP contribution in [0.15, 0.2) is 53.4 Å². The Morgan fingerprint density at radius 3 is 2.26 bits per heavy atom. The standard InChI is InChI=1S/C17H18N2O3S/c1-12-8-10-13(11-9-12)23(21,22)19-15-7-5-4-6-14(15)17(2,3)18-16(19)20/h4-11H,1-3H3,(H,18,20). The van der Waals surface area contributed by atoms with E-state index in [0.29, 0.717) is 5.69 Å². The zero-order valence-electron chi connectivity index (χ0n) is 13.2. The molecule has 0 saturated heterocycles. The summed E-state index contributed by atoms with van der Waals surface area (Å²) in [6.45, 7) is 5.57. The molecule has 1 aliphatic rings. The Kier molecular flexibility index (Phi) is 3.44. The van der Waals surface area contributed by atoms with Crippen molar-refractivity contribution in [2.24, 2.45) is 0 Å². The summed E-state index contributed by atoms with van der Waals surface area (Å²) in [6, 6.07) is 12.8. The highest BCUT2D eigenvalue weighted by Gasteiger charge is 2.41. The number of hydrogen-bond acceptors (Lipinski definition) is 3. The zero-order valence-corrected chi connectivity index (χ0v) is 14.0. The maximum Gasteiger partial charge on any atom is 0.336 e. The summed E-state index contributed by atoms with van der Waals surface area (Å²) in [5.41, 5.74) is 1.47. The van der Waals surface area contributed by atoms with Gasteiger partial charge in [-0.1, -0.05) is 35.9 Å². The molecule has 2 aromatic rings. The van der Waals surface area contributed by atoms with Gasteiger partial charge in [-0.05, 0) is 39.0 Å². The summed E-state index contributed by atoms with van der Waals surface area (Å²) in [5.74, 6) is 0. The van der Waals surface area contributed by atoms with Crippen LogP contribution < -0.4 is 9.62 Å². The first kappa shape index (κ1) is 15.6. The van der Waals surface area contributed by atoms with E-state index in [2.05, 4.69) is 5.32 Å². The Morgan fingerprint density at radius 2 is 1.61 bits per heavy atom. The van der Waals surface area contributed by atoms with Crippen molar-refractivity contribution in [2.45, 2.75) is 31.2 Å². The third kappa shape index (κ3) is 2.49. The summed E-state index contributed by atoms with van der Waals surface area (Å²) in [6.07, 6.45) is 0. The molecule has 1 N–H and O–H groups in total. The maximum atomic E-state index is 12.9. The molecule has 1 heterocycles. The average molecular weight is 330 g/mol. The molecule has 6 heteroatoms. The number of hydrogen-bond donors (Lipinski definition) is 1. The van der Waals surface area contributed by atoms with Crippen LogP contribution in [0, 0.1) is 6.92 Å². The number of aryl methyl sites for hydroxylation is 1. The normalized spacial score (nSPS) is 16.7. The molecule has 0 saturated carbocycles. The van der Waals surface area contributed by atoms with Gasteiger partial charge in [0.15, 0.2) is 0 Å². The van der Waals surface area contributed by atoms with Crippen molar-refractivity contribution in [2.75, 3.05) is 4.31 Å². The molecule has 0 unspecified atom stereocenters. The van der Waals surface area contributed by atoms with E-state index in [1.54, 1.807) is 24.3 Å². The molecule has 2 aromatic carbocycles. The fraction of sp³-hybridized carbons (Fsp3) is 0.235. The van der Waals surface area contributed by atoms with E-state index in [1.807, 2.05) is 32.9 Å². The van der Waals surface area contributed by atoms with Crippen LogP contribution in [-0.4, -0.2) is 14.4 Å².